The number of anilines is 1. The van der Waals surface area contributed by atoms with Crippen LogP contribution in [-0.2, 0) is 11.2 Å². The number of nitrogen functional groups attached to an aromatic ring is 1. The SMILES string of the molecule is Nc1nc(SCC(=O)NC2CCCc3ccccc32)nc2sccc12. The second-order valence-corrected chi connectivity index (χ2v) is 7.87. The van der Waals surface area contributed by atoms with E-state index in [0.29, 0.717) is 11.0 Å². The summed E-state index contributed by atoms with van der Waals surface area (Å²) in [6.45, 7) is 0. The van der Waals surface area contributed by atoms with E-state index in [1.165, 1.54) is 34.2 Å². The normalized spacial score (nSPS) is 16.6. The van der Waals surface area contributed by atoms with Gasteiger partial charge in [-0.2, -0.15) is 0 Å². The van der Waals surface area contributed by atoms with Gasteiger partial charge in [-0.05, 0) is 41.8 Å². The molecule has 1 amide bonds. The second kappa shape index (κ2) is 7.01. The first-order valence-electron chi connectivity index (χ1n) is 8.21. The van der Waals surface area contributed by atoms with Crippen LogP contribution in [0.15, 0.2) is 40.9 Å². The molecule has 3 aromatic rings. The fourth-order valence-corrected chi connectivity index (χ4v) is 4.68. The number of nitrogens with two attached hydrogens (primary N) is 1. The maximum Gasteiger partial charge on any atom is 0.230 e. The van der Waals surface area contributed by atoms with Crippen molar-refractivity contribution in [3.8, 4) is 0 Å². The minimum Gasteiger partial charge on any atom is -0.383 e. The lowest BCUT2D eigenvalue weighted by Gasteiger charge is -2.26. The molecule has 1 unspecified atom stereocenters. The average Bonchev–Trinajstić information content (AvgIpc) is 3.10. The zero-order valence-electron chi connectivity index (χ0n) is 13.6. The highest BCUT2D eigenvalue weighted by molar-refractivity contribution is 7.99. The van der Waals surface area contributed by atoms with Gasteiger partial charge in [0.15, 0.2) is 5.16 Å². The minimum atomic E-state index is 0.000140. The number of carbonyl (C=O) groups excluding carboxylic acids is 1. The number of amides is 1. The summed E-state index contributed by atoms with van der Waals surface area (Å²) in [4.78, 5) is 22.0. The predicted molar refractivity (Wildman–Crippen MR) is 103 cm³/mol. The molecule has 0 saturated heterocycles. The number of aryl methyl sites for hydroxylation is 1. The summed E-state index contributed by atoms with van der Waals surface area (Å²) >= 11 is 2.85. The molecule has 128 valence electrons. The third-order valence-corrected chi connectivity index (χ3v) is 6.02. The first-order valence-corrected chi connectivity index (χ1v) is 10.1. The first kappa shape index (κ1) is 16.4. The van der Waals surface area contributed by atoms with Crippen LogP contribution in [0.25, 0.3) is 10.2 Å². The molecular weight excluding hydrogens is 352 g/mol. The highest BCUT2D eigenvalue weighted by Crippen LogP contribution is 2.30. The Labute approximate surface area is 154 Å². The third kappa shape index (κ3) is 3.48. The highest BCUT2D eigenvalue weighted by atomic mass is 32.2. The zero-order valence-corrected chi connectivity index (χ0v) is 15.2. The van der Waals surface area contributed by atoms with Crippen molar-refractivity contribution in [3.05, 3.63) is 46.8 Å². The molecule has 0 saturated carbocycles. The van der Waals surface area contributed by atoms with E-state index in [9.17, 15) is 4.79 Å². The Hall–Kier alpha value is -2.12. The van der Waals surface area contributed by atoms with Crippen molar-refractivity contribution in [1.82, 2.24) is 15.3 Å². The van der Waals surface area contributed by atoms with Crippen LogP contribution >= 0.6 is 23.1 Å². The standard InChI is InChI=1S/C18H18N4OS2/c19-16-13-8-9-24-17(13)22-18(21-16)25-10-15(23)20-14-7-3-5-11-4-1-2-6-12(11)14/h1-2,4,6,8-9,14H,3,5,7,10H2,(H,20,23)(H2,19,21,22). The Morgan fingerprint density at radius 2 is 2.20 bits per heavy atom. The molecule has 7 heteroatoms. The number of nitrogens with one attached hydrogen (secondary N) is 1. The van der Waals surface area contributed by atoms with Gasteiger partial charge in [0, 0.05) is 0 Å². The van der Waals surface area contributed by atoms with Crippen molar-refractivity contribution >= 4 is 45.0 Å². The summed E-state index contributed by atoms with van der Waals surface area (Å²) in [6.07, 6.45) is 3.17. The van der Waals surface area contributed by atoms with E-state index in [0.717, 1.165) is 29.5 Å². The number of carbonyl (C=O) groups is 1. The Balaban J connectivity index is 1.41. The van der Waals surface area contributed by atoms with Crippen LogP contribution in [0.2, 0.25) is 0 Å². The molecule has 0 aliphatic heterocycles. The Bertz CT molecular complexity index is 924. The second-order valence-electron chi connectivity index (χ2n) is 6.03. The van der Waals surface area contributed by atoms with E-state index < -0.39 is 0 Å². The fourth-order valence-electron chi connectivity index (χ4n) is 3.19. The molecule has 25 heavy (non-hydrogen) atoms. The van der Waals surface area contributed by atoms with Gasteiger partial charge in [0.05, 0.1) is 17.2 Å². The summed E-state index contributed by atoms with van der Waals surface area (Å²) in [5.74, 6) is 0.755. The fraction of sp³-hybridized carbons (Fsp3) is 0.278. The molecule has 0 spiro atoms. The summed E-state index contributed by atoms with van der Waals surface area (Å²) in [7, 11) is 0. The summed E-state index contributed by atoms with van der Waals surface area (Å²) in [6, 6.07) is 10.4. The summed E-state index contributed by atoms with van der Waals surface area (Å²) < 4.78 is 0. The van der Waals surface area contributed by atoms with Gasteiger partial charge in [0.2, 0.25) is 5.91 Å². The number of rotatable bonds is 4. The lowest BCUT2D eigenvalue weighted by Crippen LogP contribution is -2.32. The molecule has 0 radical (unpaired) electrons. The highest BCUT2D eigenvalue weighted by Gasteiger charge is 2.21. The van der Waals surface area contributed by atoms with Gasteiger partial charge in [0.1, 0.15) is 10.6 Å². The lowest BCUT2D eigenvalue weighted by molar-refractivity contribution is -0.119. The zero-order chi connectivity index (χ0) is 17.2. The number of hydrogen-bond acceptors (Lipinski definition) is 6. The van der Waals surface area contributed by atoms with Gasteiger partial charge in [-0.15, -0.1) is 11.3 Å². The van der Waals surface area contributed by atoms with Gasteiger partial charge < -0.3 is 11.1 Å². The number of benzene rings is 1. The molecule has 0 bridgehead atoms. The summed E-state index contributed by atoms with van der Waals surface area (Å²) in [5, 5.41) is 6.51. The van der Waals surface area contributed by atoms with E-state index in [-0.39, 0.29) is 17.7 Å². The van der Waals surface area contributed by atoms with Crippen LogP contribution in [-0.4, -0.2) is 21.6 Å². The Morgan fingerprint density at radius 1 is 1.32 bits per heavy atom. The quantitative estimate of drug-likeness (QED) is 0.542. The van der Waals surface area contributed by atoms with Crippen LogP contribution in [0.3, 0.4) is 0 Å². The van der Waals surface area contributed by atoms with Crippen molar-refractivity contribution in [2.75, 3.05) is 11.5 Å². The smallest absolute Gasteiger partial charge is 0.230 e. The molecule has 2 aromatic heterocycles. The maximum atomic E-state index is 12.4. The topological polar surface area (TPSA) is 80.9 Å². The predicted octanol–water partition coefficient (Wildman–Crippen LogP) is 3.56. The Morgan fingerprint density at radius 3 is 3.12 bits per heavy atom. The van der Waals surface area contributed by atoms with Crippen molar-refractivity contribution in [2.24, 2.45) is 0 Å². The number of thioether (sulfide) groups is 1. The Kier molecular flexibility index (Phi) is 4.59. The lowest BCUT2D eigenvalue weighted by atomic mass is 9.88. The van der Waals surface area contributed by atoms with E-state index in [2.05, 4.69) is 33.5 Å². The van der Waals surface area contributed by atoms with Crippen molar-refractivity contribution in [2.45, 2.75) is 30.5 Å². The first-order chi connectivity index (χ1) is 12.2. The van der Waals surface area contributed by atoms with Crippen molar-refractivity contribution in [3.63, 3.8) is 0 Å². The minimum absolute atomic E-state index is 0.000140. The third-order valence-electron chi connectivity index (χ3n) is 4.37. The van der Waals surface area contributed by atoms with Crippen LogP contribution in [0.4, 0.5) is 5.82 Å². The van der Waals surface area contributed by atoms with E-state index >= 15 is 0 Å². The maximum absolute atomic E-state index is 12.4. The number of nitrogens with zero attached hydrogens (tertiary/aromatic N) is 2. The summed E-state index contributed by atoms with van der Waals surface area (Å²) in [5.41, 5.74) is 8.53. The molecule has 1 atom stereocenters. The van der Waals surface area contributed by atoms with Crippen LogP contribution in [0.5, 0.6) is 0 Å². The molecular formula is C18H18N4OS2. The molecule has 1 aliphatic carbocycles. The average molecular weight is 371 g/mol. The molecule has 3 N–H and O–H groups in total. The van der Waals surface area contributed by atoms with Gasteiger partial charge in [0.25, 0.3) is 0 Å². The van der Waals surface area contributed by atoms with E-state index in [1.54, 1.807) is 0 Å². The van der Waals surface area contributed by atoms with Crippen molar-refractivity contribution in [1.29, 1.82) is 0 Å². The molecule has 1 aromatic carbocycles. The van der Waals surface area contributed by atoms with Crippen LogP contribution in [0, 0.1) is 0 Å². The molecule has 1 aliphatic rings. The van der Waals surface area contributed by atoms with E-state index in [4.69, 9.17) is 5.73 Å². The van der Waals surface area contributed by atoms with Gasteiger partial charge >= 0.3 is 0 Å². The number of fused-ring (bicyclic) bond motifs is 2. The van der Waals surface area contributed by atoms with Gasteiger partial charge in [-0.1, -0.05) is 36.0 Å². The molecule has 0 fully saturated rings. The van der Waals surface area contributed by atoms with E-state index in [1.807, 2.05) is 17.5 Å². The molecule has 2 heterocycles. The molecule has 4 rings (SSSR count). The van der Waals surface area contributed by atoms with Crippen molar-refractivity contribution < 1.29 is 4.79 Å². The number of aromatic nitrogens is 2. The number of thiophene rings is 1. The van der Waals surface area contributed by atoms with Crippen LogP contribution < -0.4 is 11.1 Å². The van der Waals surface area contributed by atoms with Gasteiger partial charge in [-0.25, -0.2) is 9.97 Å². The monoisotopic (exact) mass is 370 g/mol. The molecule has 5 nitrogen and oxygen atoms in total. The largest absolute Gasteiger partial charge is 0.383 e. The number of hydrogen-bond donors (Lipinski definition) is 2. The van der Waals surface area contributed by atoms with Crippen LogP contribution in [0.1, 0.15) is 30.0 Å². The van der Waals surface area contributed by atoms with Gasteiger partial charge in [-0.3, -0.25) is 4.79 Å².